The minimum atomic E-state index is 1.11. The van der Waals surface area contributed by atoms with Gasteiger partial charge in [-0.3, -0.25) is 0 Å². The molecule has 1 heterocycles. The quantitative estimate of drug-likeness (QED) is 0.491. The van der Waals surface area contributed by atoms with E-state index in [0.29, 0.717) is 0 Å². The second kappa shape index (κ2) is 7.09. The summed E-state index contributed by atoms with van der Waals surface area (Å²) >= 11 is 0. The van der Waals surface area contributed by atoms with Crippen LogP contribution in [0.3, 0.4) is 0 Å². The van der Waals surface area contributed by atoms with Gasteiger partial charge in [-0.05, 0) is 49.7 Å². The van der Waals surface area contributed by atoms with Gasteiger partial charge in [-0.1, -0.05) is 61.4 Å². The Balaban J connectivity index is 1.93. The van der Waals surface area contributed by atoms with E-state index >= 15 is 0 Å². The molecule has 0 unspecified atom stereocenters. The van der Waals surface area contributed by atoms with Crippen LogP contribution in [0, 0.1) is 0 Å². The van der Waals surface area contributed by atoms with Gasteiger partial charge in [0.15, 0.2) is 0 Å². The molecule has 2 heteroatoms. The number of fused-ring (bicyclic) bond motifs is 2. The largest absolute Gasteiger partial charge is 0.313 e. The van der Waals surface area contributed by atoms with Crippen molar-refractivity contribution >= 4 is 28.4 Å². The van der Waals surface area contributed by atoms with Gasteiger partial charge < -0.3 is 9.80 Å². The maximum atomic E-state index is 2.35. The average Bonchev–Trinajstić information content (AvgIpc) is 2.69. The molecule has 0 bridgehead atoms. The third-order valence-corrected chi connectivity index (χ3v) is 4.77. The molecule has 0 N–H and O–H groups in total. The van der Waals surface area contributed by atoms with E-state index in [2.05, 4.69) is 109 Å². The van der Waals surface area contributed by atoms with Gasteiger partial charge in [-0.2, -0.15) is 0 Å². The minimum absolute atomic E-state index is 1.11. The molecule has 0 aromatic heterocycles. The molecule has 0 spiro atoms. The summed E-state index contributed by atoms with van der Waals surface area (Å²) in [6.07, 6.45) is 4.57. The number of para-hydroxylation sites is 5. The fourth-order valence-electron chi connectivity index (χ4n) is 3.65. The zero-order chi connectivity index (χ0) is 17.9. The van der Waals surface area contributed by atoms with Crippen molar-refractivity contribution in [2.45, 2.75) is 26.7 Å². The molecule has 1 aliphatic heterocycles. The van der Waals surface area contributed by atoms with E-state index in [4.69, 9.17) is 0 Å². The summed E-state index contributed by atoms with van der Waals surface area (Å²) in [4.78, 5) is 4.69. The zero-order valence-corrected chi connectivity index (χ0v) is 15.4. The lowest BCUT2D eigenvalue weighted by Crippen LogP contribution is -2.23. The normalized spacial score (nSPS) is 13.4. The van der Waals surface area contributed by atoms with Crippen molar-refractivity contribution in [3.8, 4) is 0 Å². The SMILES string of the molecule is CCC/C(C)=C\N1c2ccccc2N(c2ccccc2)c2ccccc21. The van der Waals surface area contributed by atoms with Gasteiger partial charge >= 0.3 is 0 Å². The third kappa shape index (κ3) is 2.88. The number of allylic oxidation sites excluding steroid dienone is 1. The number of anilines is 5. The number of rotatable bonds is 4. The Morgan fingerprint density at radius 1 is 0.731 bits per heavy atom. The van der Waals surface area contributed by atoms with E-state index < -0.39 is 0 Å². The van der Waals surface area contributed by atoms with Gasteiger partial charge in [0.2, 0.25) is 0 Å². The molecule has 0 aliphatic carbocycles. The third-order valence-electron chi connectivity index (χ3n) is 4.77. The van der Waals surface area contributed by atoms with E-state index in [-0.39, 0.29) is 0 Å². The molecule has 1 aliphatic rings. The molecule has 0 radical (unpaired) electrons. The zero-order valence-electron chi connectivity index (χ0n) is 15.4. The predicted molar refractivity (Wildman–Crippen MR) is 112 cm³/mol. The first-order valence-electron chi connectivity index (χ1n) is 9.29. The first-order chi connectivity index (χ1) is 12.8. The Bertz CT molecular complexity index is 880. The smallest absolute Gasteiger partial charge is 0.0703 e. The second-order valence-electron chi connectivity index (χ2n) is 6.74. The summed E-state index contributed by atoms with van der Waals surface area (Å²) < 4.78 is 0. The Morgan fingerprint density at radius 3 is 1.77 bits per heavy atom. The van der Waals surface area contributed by atoms with Gasteiger partial charge in [-0.15, -0.1) is 0 Å². The highest BCUT2D eigenvalue weighted by atomic mass is 15.3. The van der Waals surface area contributed by atoms with Crippen LogP contribution in [0.25, 0.3) is 0 Å². The van der Waals surface area contributed by atoms with Gasteiger partial charge in [0.25, 0.3) is 0 Å². The molecule has 2 nitrogen and oxygen atoms in total. The fourth-order valence-corrected chi connectivity index (χ4v) is 3.65. The van der Waals surface area contributed by atoms with Crippen molar-refractivity contribution in [3.05, 3.63) is 90.6 Å². The Labute approximate surface area is 156 Å². The van der Waals surface area contributed by atoms with Gasteiger partial charge in [0, 0.05) is 11.9 Å². The van der Waals surface area contributed by atoms with Crippen LogP contribution in [0.2, 0.25) is 0 Å². The number of nitrogens with zero attached hydrogens (tertiary/aromatic N) is 2. The van der Waals surface area contributed by atoms with Crippen LogP contribution >= 0.6 is 0 Å². The van der Waals surface area contributed by atoms with Crippen LogP contribution in [0.15, 0.2) is 90.6 Å². The molecular formula is C24H24N2. The number of benzene rings is 3. The molecule has 0 amide bonds. The molecule has 0 saturated carbocycles. The van der Waals surface area contributed by atoms with Crippen LogP contribution < -0.4 is 9.80 Å². The summed E-state index contributed by atoms with van der Waals surface area (Å²) in [7, 11) is 0. The maximum absolute atomic E-state index is 2.35. The lowest BCUT2D eigenvalue weighted by molar-refractivity contribution is 0.898. The highest BCUT2D eigenvalue weighted by Gasteiger charge is 2.27. The minimum Gasteiger partial charge on any atom is -0.313 e. The summed E-state index contributed by atoms with van der Waals surface area (Å²) in [6.45, 7) is 4.45. The van der Waals surface area contributed by atoms with Crippen LogP contribution in [-0.2, 0) is 0 Å². The summed E-state index contributed by atoms with van der Waals surface area (Å²) in [5, 5.41) is 0. The van der Waals surface area contributed by atoms with Crippen molar-refractivity contribution in [2.24, 2.45) is 0 Å². The maximum Gasteiger partial charge on any atom is 0.0703 e. The van der Waals surface area contributed by atoms with Crippen molar-refractivity contribution < 1.29 is 0 Å². The molecule has 0 saturated heterocycles. The lowest BCUT2D eigenvalue weighted by atomic mass is 10.1. The standard InChI is InChI=1S/C24H24N2/c1-3-11-19(2)18-25-21-14-7-9-16-23(21)26(20-12-5-4-6-13-20)24-17-10-8-15-22(24)25/h4-10,12-18H,3,11H2,1-2H3/b19-18-. The number of hydrogen-bond donors (Lipinski definition) is 0. The first kappa shape index (κ1) is 16.5. The predicted octanol–water partition coefficient (Wildman–Crippen LogP) is 7.31. The van der Waals surface area contributed by atoms with Crippen molar-refractivity contribution in [1.82, 2.24) is 0 Å². The van der Waals surface area contributed by atoms with E-state index in [9.17, 15) is 0 Å². The van der Waals surface area contributed by atoms with E-state index in [1.807, 2.05) is 0 Å². The van der Waals surface area contributed by atoms with Crippen LogP contribution in [-0.4, -0.2) is 0 Å². The van der Waals surface area contributed by atoms with Crippen molar-refractivity contribution in [2.75, 3.05) is 9.80 Å². The van der Waals surface area contributed by atoms with Crippen molar-refractivity contribution in [3.63, 3.8) is 0 Å². The van der Waals surface area contributed by atoms with Crippen LogP contribution in [0.5, 0.6) is 0 Å². The van der Waals surface area contributed by atoms with Crippen LogP contribution in [0.4, 0.5) is 28.4 Å². The van der Waals surface area contributed by atoms with Gasteiger partial charge in [0.05, 0.1) is 22.7 Å². The summed E-state index contributed by atoms with van der Waals surface area (Å²) in [5.74, 6) is 0. The molecule has 26 heavy (non-hydrogen) atoms. The molecule has 0 fully saturated rings. The number of hydrogen-bond acceptors (Lipinski definition) is 2. The Morgan fingerprint density at radius 2 is 1.23 bits per heavy atom. The highest BCUT2D eigenvalue weighted by Crippen LogP contribution is 2.51. The Hall–Kier alpha value is -3.00. The van der Waals surface area contributed by atoms with Crippen molar-refractivity contribution in [1.29, 1.82) is 0 Å². The lowest BCUT2D eigenvalue weighted by Gasteiger charge is -2.39. The average molecular weight is 340 g/mol. The molecule has 3 aromatic rings. The molecule has 4 rings (SSSR count). The van der Waals surface area contributed by atoms with Gasteiger partial charge in [0.1, 0.15) is 0 Å². The Kier molecular flexibility index (Phi) is 4.49. The van der Waals surface area contributed by atoms with E-state index in [0.717, 1.165) is 12.8 Å². The van der Waals surface area contributed by atoms with Gasteiger partial charge in [-0.25, -0.2) is 0 Å². The molecule has 0 atom stereocenters. The monoisotopic (exact) mass is 340 g/mol. The van der Waals surface area contributed by atoms with E-state index in [1.54, 1.807) is 0 Å². The van der Waals surface area contributed by atoms with E-state index in [1.165, 1.54) is 34.0 Å². The molecular weight excluding hydrogens is 316 g/mol. The second-order valence-corrected chi connectivity index (χ2v) is 6.74. The molecule has 3 aromatic carbocycles. The van der Waals surface area contributed by atoms with Crippen LogP contribution in [0.1, 0.15) is 26.7 Å². The summed E-state index contributed by atoms with van der Waals surface area (Å²) in [5.41, 5.74) is 7.42. The summed E-state index contributed by atoms with van der Waals surface area (Å²) in [6, 6.07) is 27.9. The highest BCUT2D eigenvalue weighted by molar-refractivity contribution is 5.98. The first-order valence-corrected chi connectivity index (χ1v) is 9.29. The fraction of sp³-hybridized carbons (Fsp3) is 0.167. The molecule has 130 valence electrons. The topological polar surface area (TPSA) is 6.48 Å².